The fourth-order valence-corrected chi connectivity index (χ4v) is 4.70. The van der Waals surface area contributed by atoms with Crippen LogP contribution >= 0.6 is 0 Å². The topological polar surface area (TPSA) is 189 Å². The summed E-state index contributed by atoms with van der Waals surface area (Å²) in [4.78, 5) is 76.1. The summed E-state index contributed by atoms with van der Waals surface area (Å²) in [5.74, 6) is -3.67. The summed E-state index contributed by atoms with van der Waals surface area (Å²) in [7, 11) is 0. The van der Waals surface area contributed by atoms with Crippen molar-refractivity contribution in [3.8, 4) is 11.1 Å². The van der Waals surface area contributed by atoms with Crippen LogP contribution < -0.4 is 32.3 Å². The number of fused-ring (bicyclic) bond motifs is 5. The molecule has 12 heteroatoms. The Morgan fingerprint density at radius 2 is 1.26 bits per heavy atom. The van der Waals surface area contributed by atoms with E-state index in [1.807, 2.05) is 42.5 Å². The van der Waals surface area contributed by atoms with Crippen molar-refractivity contribution in [3.63, 3.8) is 0 Å². The lowest BCUT2D eigenvalue weighted by Gasteiger charge is -2.31. The van der Waals surface area contributed by atoms with E-state index in [1.54, 1.807) is 13.0 Å². The Hall–Kier alpha value is -4.74. The molecule has 2 aromatic rings. The van der Waals surface area contributed by atoms with Gasteiger partial charge in [0, 0.05) is 19.8 Å². The fourth-order valence-electron chi connectivity index (χ4n) is 4.70. The first-order valence-corrected chi connectivity index (χ1v) is 13.7. The molecule has 3 rings (SSSR count). The average molecular weight is 579 g/mol. The summed E-state index contributed by atoms with van der Waals surface area (Å²) in [5.41, 5.74) is 7.31. The SMILES string of the molecule is CC(=O)N[C@@]1(C)Cc2cccc(c2)-c2cccc(c2)C[C@@H](C(N)=O)NC(=O)[C@H](C)NC(=O)[C@H](C)NC(=O)[C@H](C)NC1=O. The van der Waals surface area contributed by atoms with Crippen molar-refractivity contribution >= 4 is 35.4 Å². The van der Waals surface area contributed by atoms with Gasteiger partial charge in [-0.15, -0.1) is 0 Å². The van der Waals surface area contributed by atoms with E-state index >= 15 is 0 Å². The van der Waals surface area contributed by atoms with Gasteiger partial charge in [0.25, 0.3) is 0 Å². The second-order valence-electron chi connectivity index (χ2n) is 10.9. The van der Waals surface area contributed by atoms with Crippen LogP contribution in [0.25, 0.3) is 11.1 Å². The Labute approximate surface area is 244 Å². The summed E-state index contributed by atoms with van der Waals surface area (Å²) in [6.45, 7) is 7.19. The molecule has 2 aromatic carbocycles. The summed E-state index contributed by atoms with van der Waals surface area (Å²) in [6, 6.07) is 10.6. The van der Waals surface area contributed by atoms with Crippen LogP contribution in [0.1, 0.15) is 45.7 Å². The Morgan fingerprint density at radius 1 is 0.786 bits per heavy atom. The molecule has 0 saturated carbocycles. The van der Waals surface area contributed by atoms with Gasteiger partial charge in [0.1, 0.15) is 29.7 Å². The number of primary amides is 1. The predicted octanol–water partition coefficient (Wildman–Crippen LogP) is -0.169. The Bertz CT molecular complexity index is 1390. The molecule has 0 saturated heterocycles. The van der Waals surface area contributed by atoms with Gasteiger partial charge in [0.15, 0.2) is 0 Å². The number of carbonyl (C=O) groups is 6. The minimum absolute atomic E-state index is 0.112. The molecular formula is C30H38N6O6. The highest BCUT2D eigenvalue weighted by Gasteiger charge is 2.36. The zero-order valence-corrected chi connectivity index (χ0v) is 24.4. The third-order valence-corrected chi connectivity index (χ3v) is 7.04. The highest BCUT2D eigenvalue weighted by Crippen LogP contribution is 2.24. The van der Waals surface area contributed by atoms with E-state index in [2.05, 4.69) is 26.6 Å². The number of hydrogen-bond acceptors (Lipinski definition) is 6. The van der Waals surface area contributed by atoms with Crippen molar-refractivity contribution in [2.45, 2.75) is 77.2 Å². The van der Waals surface area contributed by atoms with Gasteiger partial charge in [-0.1, -0.05) is 48.5 Å². The third kappa shape index (κ3) is 8.15. The Kier molecular flexibility index (Phi) is 10.1. The molecule has 0 aliphatic carbocycles. The lowest BCUT2D eigenvalue weighted by Crippen LogP contribution is -2.61. The van der Waals surface area contributed by atoms with Crippen LogP contribution in [-0.2, 0) is 41.6 Å². The van der Waals surface area contributed by atoms with Gasteiger partial charge in [-0.25, -0.2) is 0 Å². The minimum atomic E-state index is -1.40. The first-order chi connectivity index (χ1) is 19.7. The fraction of sp³-hybridized carbons (Fsp3) is 0.400. The van der Waals surface area contributed by atoms with E-state index in [-0.39, 0.29) is 12.8 Å². The van der Waals surface area contributed by atoms with Crippen LogP contribution in [0, 0.1) is 0 Å². The maximum atomic E-state index is 13.4. The van der Waals surface area contributed by atoms with E-state index in [0.29, 0.717) is 0 Å². The number of carbonyl (C=O) groups excluding carboxylic acids is 6. The van der Waals surface area contributed by atoms with E-state index in [4.69, 9.17) is 5.73 Å². The van der Waals surface area contributed by atoms with Gasteiger partial charge in [0.05, 0.1) is 0 Å². The van der Waals surface area contributed by atoms with Crippen molar-refractivity contribution < 1.29 is 28.8 Å². The summed E-state index contributed by atoms with van der Waals surface area (Å²) in [6.07, 6.45) is 0.229. The van der Waals surface area contributed by atoms with E-state index in [9.17, 15) is 28.8 Å². The molecule has 0 radical (unpaired) electrons. The smallest absolute Gasteiger partial charge is 0.246 e. The Balaban J connectivity index is 2.04. The van der Waals surface area contributed by atoms with Crippen LogP contribution in [0.4, 0.5) is 0 Å². The second kappa shape index (κ2) is 13.3. The first kappa shape index (κ1) is 31.8. The molecule has 0 unspecified atom stereocenters. The molecule has 0 aromatic heterocycles. The molecule has 224 valence electrons. The van der Waals surface area contributed by atoms with Gasteiger partial charge in [-0.05, 0) is 49.9 Å². The maximum Gasteiger partial charge on any atom is 0.246 e. The molecule has 1 aliphatic heterocycles. The van der Waals surface area contributed by atoms with Crippen LogP contribution in [0.15, 0.2) is 48.5 Å². The highest BCUT2D eigenvalue weighted by atomic mass is 16.2. The normalized spacial score (nSPS) is 25.9. The van der Waals surface area contributed by atoms with Crippen molar-refractivity contribution in [3.05, 3.63) is 59.7 Å². The number of hydrogen-bond donors (Lipinski definition) is 6. The molecule has 12 nitrogen and oxygen atoms in total. The molecule has 6 amide bonds. The lowest BCUT2D eigenvalue weighted by molar-refractivity contribution is -0.136. The van der Waals surface area contributed by atoms with E-state index < -0.39 is 65.1 Å². The van der Waals surface area contributed by atoms with Gasteiger partial charge in [-0.3, -0.25) is 28.8 Å². The molecule has 0 spiro atoms. The van der Waals surface area contributed by atoms with Crippen LogP contribution in [0.3, 0.4) is 0 Å². The number of nitrogens with two attached hydrogens (primary N) is 1. The summed E-state index contributed by atoms with van der Waals surface area (Å²) >= 11 is 0. The van der Waals surface area contributed by atoms with Crippen molar-refractivity contribution in [1.82, 2.24) is 26.6 Å². The highest BCUT2D eigenvalue weighted by molar-refractivity contribution is 5.97. The van der Waals surface area contributed by atoms with Crippen molar-refractivity contribution in [2.75, 3.05) is 0 Å². The summed E-state index contributed by atoms with van der Waals surface area (Å²) < 4.78 is 0. The van der Waals surface area contributed by atoms with Crippen LogP contribution in [-0.4, -0.2) is 65.1 Å². The molecule has 0 fully saturated rings. The third-order valence-electron chi connectivity index (χ3n) is 7.04. The Morgan fingerprint density at radius 3 is 1.79 bits per heavy atom. The number of rotatable bonds is 2. The zero-order chi connectivity index (χ0) is 31.2. The molecular weight excluding hydrogens is 540 g/mol. The molecule has 42 heavy (non-hydrogen) atoms. The molecule has 5 atom stereocenters. The lowest BCUT2D eigenvalue weighted by atomic mass is 9.89. The quantitative estimate of drug-likeness (QED) is 0.287. The maximum absolute atomic E-state index is 13.4. The van der Waals surface area contributed by atoms with Crippen molar-refractivity contribution in [1.29, 1.82) is 0 Å². The monoisotopic (exact) mass is 578 g/mol. The standard InChI is InChI=1S/C30H38N6O6/c1-16-26(39)33-17(2)28(41)35-24(25(31)38)14-20-8-6-10-22(12-20)23-11-7-9-21(13-23)15-30(5,36-19(4)37)29(42)34-18(3)27(40)32-16/h6-13,16-18,24H,14-15H2,1-5H3,(H2,31,38)(H,32,40)(H,33,39)(H,34,42)(H,35,41)(H,36,37)/t16-,17-,18-,24-,30-/m0/s1. The van der Waals surface area contributed by atoms with E-state index in [0.717, 1.165) is 22.3 Å². The van der Waals surface area contributed by atoms with Crippen LogP contribution in [0.5, 0.6) is 0 Å². The van der Waals surface area contributed by atoms with Gasteiger partial charge >= 0.3 is 0 Å². The second-order valence-corrected chi connectivity index (χ2v) is 10.9. The number of benzene rings is 2. The van der Waals surface area contributed by atoms with Gasteiger partial charge in [0.2, 0.25) is 35.4 Å². The summed E-state index contributed by atoms with van der Waals surface area (Å²) in [5, 5.41) is 13.0. The van der Waals surface area contributed by atoms with Gasteiger partial charge in [-0.2, -0.15) is 0 Å². The van der Waals surface area contributed by atoms with E-state index in [1.165, 1.54) is 27.7 Å². The van der Waals surface area contributed by atoms with Crippen LogP contribution in [0.2, 0.25) is 0 Å². The largest absolute Gasteiger partial charge is 0.368 e. The first-order valence-electron chi connectivity index (χ1n) is 13.7. The molecule has 4 bridgehead atoms. The zero-order valence-electron chi connectivity index (χ0n) is 24.4. The molecule has 1 aliphatic rings. The van der Waals surface area contributed by atoms with Gasteiger partial charge < -0.3 is 32.3 Å². The number of amides is 6. The molecule has 7 N–H and O–H groups in total. The predicted molar refractivity (Wildman–Crippen MR) is 155 cm³/mol. The van der Waals surface area contributed by atoms with Crippen molar-refractivity contribution in [2.24, 2.45) is 5.73 Å². The molecule has 1 heterocycles. The number of nitrogens with one attached hydrogen (secondary N) is 5. The minimum Gasteiger partial charge on any atom is -0.368 e. The average Bonchev–Trinajstić information content (AvgIpc) is 2.91.